The zero-order chi connectivity index (χ0) is 4.73. The van der Waals surface area contributed by atoms with Crippen LogP contribution in [0.1, 0.15) is 13.8 Å². The number of rotatable bonds is 0. The second-order valence-electron chi connectivity index (χ2n) is 1.77. The van der Waals surface area contributed by atoms with E-state index < -0.39 is 0 Å². The number of hydrogen-bond donors (Lipinski definition) is 1. The Hall–Kier alpha value is -0.300. The Morgan fingerprint density at radius 3 is 1.50 bits per heavy atom. The monoisotopic (exact) mass is 84.1 g/mol. The van der Waals surface area contributed by atoms with E-state index in [9.17, 15) is 0 Å². The van der Waals surface area contributed by atoms with Crippen LogP contribution in [0.5, 0.6) is 0 Å². The van der Waals surface area contributed by atoms with Gasteiger partial charge in [0.1, 0.15) is 0 Å². The first kappa shape index (κ1) is 3.88. The maximum atomic E-state index is 8.63. The van der Waals surface area contributed by atoms with Gasteiger partial charge in [0.05, 0.1) is 6.10 Å². The molecule has 1 N–H and O–H groups in total. The van der Waals surface area contributed by atoms with Gasteiger partial charge in [-0.15, -0.1) is 0 Å². The normalized spacial score (nSPS) is 22.5. The molecule has 0 unspecified atom stereocenters. The van der Waals surface area contributed by atoms with Gasteiger partial charge >= 0.3 is 0 Å². The molecule has 6 heavy (non-hydrogen) atoms. The average Bonchev–Trinajstić information content (AvgIpc) is 1.94. The summed E-state index contributed by atoms with van der Waals surface area (Å²) in [6.07, 6.45) is -0.148. The summed E-state index contributed by atoms with van der Waals surface area (Å²) in [7, 11) is 0. The highest BCUT2D eigenvalue weighted by atomic mass is 16.3. The van der Waals surface area contributed by atoms with Crippen molar-refractivity contribution in [3.8, 4) is 0 Å². The molecule has 1 nitrogen and oxygen atoms in total. The van der Waals surface area contributed by atoms with Gasteiger partial charge in [-0.1, -0.05) is 0 Å². The van der Waals surface area contributed by atoms with Crippen LogP contribution < -0.4 is 0 Å². The van der Waals surface area contributed by atoms with Crippen molar-refractivity contribution in [1.82, 2.24) is 0 Å². The Balaban J connectivity index is 2.54. The van der Waals surface area contributed by atoms with E-state index >= 15 is 0 Å². The maximum absolute atomic E-state index is 8.63. The van der Waals surface area contributed by atoms with Crippen molar-refractivity contribution in [2.24, 2.45) is 0 Å². The summed E-state index contributed by atoms with van der Waals surface area (Å²) in [5.41, 5.74) is 2.30. The molecule has 0 fully saturated rings. The van der Waals surface area contributed by atoms with E-state index in [0.29, 0.717) is 0 Å². The molecular formula is C5H8O. The van der Waals surface area contributed by atoms with Gasteiger partial charge in [-0.2, -0.15) is 0 Å². The van der Waals surface area contributed by atoms with Crippen molar-refractivity contribution < 1.29 is 5.11 Å². The van der Waals surface area contributed by atoms with Gasteiger partial charge in [-0.25, -0.2) is 0 Å². The van der Waals surface area contributed by atoms with E-state index in [1.807, 2.05) is 13.8 Å². The molecule has 0 heterocycles. The van der Waals surface area contributed by atoms with Crippen molar-refractivity contribution >= 4 is 0 Å². The number of hydrogen-bond acceptors (Lipinski definition) is 1. The topological polar surface area (TPSA) is 20.2 Å². The molecule has 0 saturated carbocycles. The highest BCUT2D eigenvalue weighted by Crippen LogP contribution is 2.28. The Labute approximate surface area is 37.3 Å². The lowest BCUT2D eigenvalue weighted by molar-refractivity contribution is 0.289. The zero-order valence-corrected chi connectivity index (χ0v) is 4.02. The molecule has 0 saturated heterocycles. The van der Waals surface area contributed by atoms with E-state index in [-0.39, 0.29) is 6.10 Å². The van der Waals surface area contributed by atoms with Crippen molar-refractivity contribution in [1.29, 1.82) is 0 Å². The minimum atomic E-state index is -0.148. The van der Waals surface area contributed by atoms with Crippen LogP contribution in [-0.2, 0) is 0 Å². The van der Waals surface area contributed by atoms with E-state index in [1.54, 1.807) is 0 Å². The second-order valence-corrected chi connectivity index (χ2v) is 1.77. The van der Waals surface area contributed by atoms with Gasteiger partial charge in [-0.3, -0.25) is 0 Å². The molecule has 0 aliphatic heterocycles. The molecule has 0 spiro atoms. The van der Waals surface area contributed by atoms with Crippen molar-refractivity contribution in [3.63, 3.8) is 0 Å². The van der Waals surface area contributed by atoms with E-state index in [2.05, 4.69) is 0 Å². The quantitative estimate of drug-likeness (QED) is 0.428. The summed E-state index contributed by atoms with van der Waals surface area (Å²) in [4.78, 5) is 0. The van der Waals surface area contributed by atoms with Crippen LogP contribution in [0.2, 0.25) is 0 Å². The highest BCUT2D eigenvalue weighted by Gasteiger charge is 2.24. The molecule has 1 rings (SSSR count). The van der Waals surface area contributed by atoms with Crippen LogP contribution in [0.25, 0.3) is 0 Å². The first-order valence-corrected chi connectivity index (χ1v) is 2.09. The average molecular weight is 84.1 g/mol. The van der Waals surface area contributed by atoms with Gasteiger partial charge in [0, 0.05) is 0 Å². The van der Waals surface area contributed by atoms with E-state index in [4.69, 9.17) is 5.11 Å². The van der Waals surface area contributed by atoms with Gasteiger partial charge in [-0.05, 0) is 25.0 Å². The predicted octanol–water partition coefficient (Wildman–Crippen LogP) is 0.697. The first-order valence-electron chi connectivity index (χ1n) is 2.09. The summed E-state index contributed by atoms with van der Waals surface area (Å²) in [6.45, 7) is 3.89. The summed E-state index contributed by atoms with van der Waals surface area (Å²) < 4.78 is 0. The lowest BCUT2D eigenvalue weighted by Crippen LogP contribution is -1.80. The zero-order valence-electron chi connectivity index (χ0n) is 4.02. The SMILES string of the molecule is CC1=C(C)C1O. The molecule has 0 amide bonds. The van der Waals surface area contributed by atoms with Crippen molar-refractivity contribution in [2.75, 3.05) is 0 Å². The Bertz CT molecular complexity index is 90.5. The third-order valence-corrected chi connectivity index (χ3v) is 1.36. The van der Waals surface area contributed by atoms with E-state index in [0.717, 1.165) is 11.1 Å². The van der Waals surface area contributed by atoms with Crippen molar-refractivity contribution in [3.05, 3.63) is 11.1 Å². The third-order valence-electron chi connectivity index (χ3n) is 1.36. The van der Waals surface area contributed by atoms with Crippen LogP contribution in [0.15, 0.2) is 11.1 Å². The third kappa shape index (κ3) is 0.287. The molecule has 1 aliphatic carbocycles. The van der Waals surface area contributed by atoms with Crippen LogP contribution >= 0.6 is 0 Å². The molecule has 0 aromatic heterocycles. The van der Waals surface area contributed by atoms with Crippen LogP contribution in [0.3, 0.4) is 0 Å². The smallest absolute Gasteiger partial charge is 0.0962 e. The Kier molecular flexibility index (Phi) is 0.549. The molecule has 0 atom stereocenters. The minimum Gasteiger partial charge on any atom is -0.384 e. The lowest BCUT2D eigenvalue weighted by atomic mass is 10.5. The van der Waals surface area contributed by atoms with Crippen molar-refractivity contribution in [2.45, 2.75) is 20.0 Å². The highest BCUT2D eigenvalue weighted by molar-refractivity contribution is 5.39. The van der Waals surface area contributed by atoms with Gasteiger partial charge < -0.3 is 5.11 Å². The van der Waals surface area contributed by atoms with Gasteiger partial charge in [0.15, 0.2) is 0 Å². The first-order chi connectivity index (χ1) is 2.73. The summed E-state index contributed by atoms with van der Waals surface area (Å²) in [5, 5.41) is 8.63. The largest absolute Gasteiger partial charge is 0.384 e. The Morgan fingerprint density at radius 1 is 1.33 bits per heavy atom. The van der Waals surface area contributed by atoms with Crippen LogP contribution in [0.4, 0.5) is 0 Å². The molecular weight excluding hydrogens is 76.1 g/mol. The molecule has 0 bridgehead atoms. The van der Waals surface area contributed by atoms with Crippen LogP contribution in [0, 0.1) is 0 Å². The summed E-state index contributed by atoms with van der Waals surface area (Å²) in [6, 6.07) is 0. The molecule has 34 valence electrons. The standard InChI is InChI=1S/C5H8O/c1-3-4(2)5(3)6/h5-6H,1-2H3. The van der Waals surface area contributed by atoms with Gasteiger partial charge in [0.25, 0.3) is 0 Å². The summed E-state index contributed by atoms with van der Waals surface area (Å²) >= 11 is 0. The molecule has 0 aromatic carbocycles. The van der Waals surface area contributed by atoms with Gasteiger partial charge in [0.2, 0.25) is 0 Å². The van der Waals surface area contributed by atoms with E-state index in [1.165, 1.54) is 0 Å². The molecule has 1 aliphatic rings. The van der Waals surface area contributed by atoms with Crippen LogP contribution in [-0.4, -0.2) is 11.2 Å². The number of aliphatic hydroxyl groups excluding tert-OH is 1. The number of aliphatic hydroxyl groups is 1. The predicted molar refractivity (Wildman–Crippen MR) is 24.4 cm³/mol. The molecule has 1 heteroatoms. The second kappa shape index (κ2) is 0.850. The molecule has 0 radical (unpaired) electrons. The fourth-order valence-electron chi connectivity index (χ4n) is 0.455. The lowest BCUT2D eigenvalue weighted by Gasteiger charge is -1.74. The summed E-state index contributed by atoms with van der Waals surface area (Å²) in [5.74, 6) is 0. The fraction of sp³-hybridized carbons (Fsp3) is 0.600. The fourth-order valence-corrected chi connectivity index (χ4v) is 0.455. The Morgan fingerprint density at radius 2 is 1.50 bits per heavy atom. The minimum absolute atomic E-state index is 0.148. The maximum Gasteiger partial charge on any atom is 0.0962 e. The molecule has 0 aromatic rings.